The molecular formula is C22H25N4O2S2+. The number of H-pyrrole nitrogens is 1. The van der Waals surface area contributed by atoms with Gasteiger partial charge in [0.25, 0.3) is 0 Å². The van der Waals surface area contributed by atoms with Crippen LogP contribution in [-0.2, 0) is 4.79 Å². The maximum Gasteiger partial charge on any atom is 0.325 e. The lowest BCUT2D eigenvalue weighted by Gasteiger charge is -2.30. The van der Waals surface area contributed by atoms with Gasteiger partial charge in [-0.3, -0.25) is 14.6 Å². The summed E-state index contributed by atoms with van der Waals surface area (Å²) in [5.41, 5.74) is 1.75. The number of thiophene rings is 1. The quantitative estimate of drug-likeness (QED) is 0.352. The second-order valence-corrected chi connectivity index (χ2v) is 9.74. The number of para-hydroxylation sites is 1. The van der Waals surface area contributed by atoms with Gasteiger partial charge < -0.3 is 0 Å². The van der Waals surface area contributed by atoms with Gasteiger partial charge in [0, 0.05) is 22.7 Å². The Morgan fingerprint density at radius 1 is 1.27 bits per heavy atom. The molecule has 1 aliphatic rings. The van der Waals surface area contributed by atoms with Gasteiger partial charge in [0.2, 0.25) is 11.1 Å². The van der Waals surface area contributed by atoms with Crippen molar-refractivity contribution in [2.45, 2.75) is 51.4 Å². The summed E-state index contributed by atoms with van der Waals surface area (Å²) in [4.78, 5) is 32.8. The van der Waals surface area contributed by atoms with Crippen molar-refractivity contribution in [2.75, 3.05) is 10.7 Å². The molecule has 1 N–H and O–H groups in total. The number of unbranched alkanes of at least 4 members (excludes halogenated alkanes) is 2. The van der Waals surface area contributed by atoms with E-state index in [-0.39, 0.29) is 11.5 Å². The predicted molar refractivity (Wildman–Crippen MR) is 121 cm³/mol. The molecule has 0 saturated carbocycles. The lowest BCUT2D eigenvalue weighted by molar-refractivity contribution is -0.762. The average Bonchev–Trinajstić information content (AvgIpc) is 3.15. The first-order valence-corrected chi connectivity index (χ1v) is 12.0. The number of anilines is 1. The highest BCUT2D eigenvalue weighted by Crippen LogP contribution is 2.38. The number of fused-ring (bicyclic) bond motifs is 3. The normalized spacial score (nSPS) is 15.0. The fourth-order valence-electron chi connectivity index (χ4n) is 3.75. The fourth-order valence-corrected chi connectivity index (χ4v) is 5.56. The van der Waals surface area contributed by atoms with Gasteiger partial charge >= 0.3 is 17.4 Å². The molecule has 1 aromatic carbocycles. The number of carbonyl (C=O) groups excluding carboxylic acids is 1. The first-order chi connectivity index (χ1) is 14.5. The monoisotopic (exact) mass is 441 g/mol. The summed E-state index contributed by atoms with van der Waals surface area (Å²) in [5, 5.41) is 5.39. The second kappa shape index (κ2) is 8.73. The fraction of sp³-hybridized carbons (Fsp3) is 0.364. The van der Waals surface area contributed by atoms with E-state index in [9.17, 15) is 9.59 Å². The summed E-state index contributed by atoms with van der Waals surface area (Å²) in [7, 11) is 0. The molecule has 4 rings (SSSR count). The van der Waals surface area contributed by atoms with Crippen LogP contribution in [0.15, 0.2) is 46.3 Å². The molecule has 156 valence electrons. The van der Waals surface area contributed by atoms with E-state index in [1.165, 1.54) is 0 Å². The SMILES string of the molecule is CCCCCSc1n[n+]2c(c(=O)[nH]1)-c1ccccc1N(C(C)=O)C2c1ccc(C)s1. The van der Waals surface area contributed by atoms with Crippen LogP contribution in [0.4, 0.5) is 5.69 Å². The number of amides is 1. The third kappa shape index (κ3) is 3.81. The van der Waals surface area contributed by atoms with E-state index in [1.807, 2.05) is 43.3 Å². The molecule has 1 aliphatic heterocycles. The molecular weight excluding hydrogens is 416 g/mol. The zero-order valence-electron chi connectivity index (χ0n) is 17.3. The van der Waals surface area contributed by atoms with Crippen LogP contribution in [0.5, 0.6) is 0 Å². The Morgan fingerprint density at radius 2 is 2.07 bits per heavy atom. The molecule has 30 heavy (non-hydrogen) atoms. The molecule has 1 unspecified atom stereocenters. The van der Waals surface area contributed by atoms with Crippen molar-refractivity contribution in [3.8, 4) is 11.3 Å². The van der Waals surface area contributed by atoms with Crippen LogP contribution in [0.1, 0.15) is 49.0 Å². The highest BCUT2D eigenvalue weighted by atomic mass is 32.2. The summed E-state index contributed by atoms with van der Waals surface area (Å²) < 4.78 is 1.73. The van der Waals surface area contributed by atoms with Crippen LogP contribution < -0.4 is 15.1 Å². The lowest BCUT2D eigenvalue weighted by Crippen LogP contribution is -2.60. The second-order valence-electron chi connectivity index (χ2n) is 7.34. The molecule has 6 nitrogen and oxygen atoms in total. The largest absolute Gasteiger partial charge is 0.325 e. The zero-order chi connectivity index (χ0) is 21.3. The number of hydrogen-bond acceptors (Lipinski definition) is 5. The Balaban J connectivity index is 1.90. The van der Waals surface area contributed by atoms with Gasteiger partial charge in [0.15, 0.2) is 0 Å². The van der Waals surface area contributed by atoms with E-state index < -0.39 is 6.17 Å². The maximum absolute atomic E-state index is 13.2. The van der Waals surface area contributed by atoms with Crippen LogP contribution in [0.3, 0.4) is 0 Å². The van der Waals surface area contributed by atoms with Gasteiger partial charge in [0.1, 0.15) is 0 Å². The number of hydrogen-bond donors (Lipinski definition) is 1. The number of nitrogens with zero attached hydrogens (tertiary/aromatic N) is 3. The molecule has 0 aliphatic carbocycles. The third-order valence-electron chi connectivity index (χ3n) is 5.10. The summed E-state index contributed by atoms with van der Waals surface area (Å²) in [6.07, 6.45) is 2.89. The molecule has 3 heterocycles. The van der Waals surface area contributed by atoms with Gasteiger partial charge in [-0.25, -0.2) is 4.90 Å². The molecule has 0 bridgehead atoms. The van der Waals surface area contributed by atoms with Crippen molar-refractivity contribution in [1.82, 2.24) is 10.1 Å². The standard InChI is InChI=1S/C22H24N4O2S2/c1-4-5-8-13-29-22-23-20(28)19-16-9-6-7-10-17(16)25(15(3)27)21(26(19)24-22)18-12-11-14(2)30-18/h6-7,9-12,21H,4-5,8,13H2,1-3H3/p+1. The first-order valence-electron chi connectivity index (χ1n) is 10.2. The highest BCUT2D eigenvalue weighted by Gasteiger charge is 2.45. The first kappa shape index (κ1) is 20.8. The number of carbonyl (C=O) groups is 1. The van der Waals surface area contributed by atoms with Gasteiger partial charge in [-0.1, -0.05) is 43.7 Å². The van der Waals surface area contributed by atoms with Crippen LogP contribution in [0, 0.1) is 6.92 Å². The van der Waals surface area contributed by atoms with Crippen molar-refractivity contribution in [1.29, 1.82) is 0 Å². The molecule has 2 aromatic heterocycles. The van der Waals surface area contributed by atoms with E-state index >= 15 is 0 Å². The van der Waals surface area contributed by atoms with E-state index in [0.717, 1.165) is 40.5 Å². The summed E-state index contributed by atoms with van der Waals surface area (Å²) in [6.45, 7) is 5.76. The lowest BCUT2D eigenvalue weighted by atomic mass is 10.0. The average molecular weight is 442 g/mol. The minimum Gasteiger partial charge on any atom is -0.291 e. The number of aromatic amines is 1. The van der Waals surface area contributed by atoms with Crippen LogP contribution in [0.25, 0.3) is 11.3 Å². The van der Waals surface area contributed by atoms with E-state index in [0.29, 0.717) is 16.4 Å². The van der Waals surface area contributed by atoms with Crippen LogP contribution >= 0.6 is 23.1 Å². The van der Waals surface area contributed by atoms with Crippen molar-refractivity contribution < 1.29 is 9.48 Å². The third-order valence-corrected chi connectivity index (χ3v) is 7.09. The molecule has 1 atom stereocenters. The Labute approximate surface area is 184 Å². The topological polar surface area (TPSA) is 69.9 Å². The predicted octanol–water partition coefficient (Wildman–Crippen LogP) is 4.29. The molecule has 0 radical (unpaired) electrons. The van der Waals surface area contributed by atoms with E-state index in [4.69, 9.17) is 5.10 Å². The Kier molecular flexibility index (Phi) is 6.06. The van der Waals surface area contributed by atoms with Gasteiger partial charge in [-0.15, -0.1) is 11.3 Å². The van der Waals surface area contributed by atoms with Crippen molar-refractivity contribution in [3.63, 3.8) is 0 Å². The minimum atomic E-state index is -0.483. The van der Waals surface area contributed by atoms with Gasteiger partial charge in [0.05, 0.1) is 16.1 Å². The van der Waals surface area contributed by atoms with Crippen LogP contribution in [0.2, 0.25) is 0 Å². The molecule has 8 heteroatoms. The van der Waals surface area contributed by atoms with Crippen molar-refractivity contribution in [3.05, 3.63) is 56.5 Å². The highest BCUT2D eigenvalue weighted by molar-refractivity contribution is 7.99. The Bertz CT molecular complexity index is 1140. The number of nitrogens with one attached hydrogen (secondary N) is 1. The molecule has 1 amide bonds. The molecule has 0 spiro atoms. The number of thioether (sulfide) groups is 1. The van der Waals surface area contributed by atoms with E-state index in [1.54, 1.807) is 39.6 Å². The van der Waals surface area contributed by atoms with Crippen molar-refractivity contribution in [2.24, 2.45) is 0 Å². The molecule has 3 aromatic rings. The zero-order valence-corrected chi connectivity index (χ0v) is 19.0. The molecule has 0 saturated heterocycles. The maximum atomic E-state index is 13.2. The summed E-state index contributed by atoms with van der Waals surface area (Å²) >= 11 is 3.17. The van der Waals surface area contributed by atoms with Crippen molar-refractivity contribution >= 4 is 34.7 Å². The number of aromatic nitrogens is 3. The Hall–Kier alpha value is -2.45. The number of benzene rings is 1. The summed E-state index contributed by atoms with van der Waals surface area (Å²) in [6, 6.07) is 11.6. The van der Waals surface area contributed by atoms with E-state index in [2.05, 4.69) is 11.9 Å². The van der Waals surface area contributed by atoms with Crippen LogP contribution in [-0.4, -0.2) is 21.7 Å². The number of rotatable bonds is 6. The minimum absolute atomic E-state index is 0.0871. The number of aryl methyl sites for hydroxylation is 1. The summed E-state index contributed by atoms with van der Waals surface area (Å²) in [5.74, 6) is 0.808. The smallest absolute Gasteiger partial charge is 0.291 e. The molecule has 0 fully saturated rings. The Morgan fingerprint density at radius 3 is 2.77 bits per heavy atom. The van der Waals surface area contributed by atoms with Gasteiger partial charge in [-0.05, 0) is 42.3 Å². The van der Waals surface area contributed by atoms with Gasteiger partial charge in [-0.2, -0.15) is 0 Å².